The van der Waals surface area contributed by atoms with Crippen molar-refractivity contribution in [2.75, 3.05) is 10.6 Å². The molecule has 2 aliphatic heterocycles. The van der Waals surface area contributed by atoms with Crippen LogP contribution in [0.15, 0.2) is 23.0 Å². The highest BCUT2D eigenvalue weighted by Crippen LogP contribution is 2.42. The number of pyridine rings is 2. The summed E-state index contributed by atoms with van der Waals surface area (Å²) in [6.07, 6.45) is -1.58. The molecule has 5 rings (SSSR count). The molecule has 0 aliphatic carbocycles. The Morgan fingerprint density at radius 1 is 1.28 bits per heavy atom. The second-order valence-corrected chi connectivity index (χ2v) is 10.7. The van der Waals surface area contributed by atoms with Gasteiger partial charge in [0.05, 0.1) is 34.7 Å². The lowest BCUT2D eigenvalue weighted by atomic mass is 9.86. The van der Waals surface area contributed by atoms with Gasteiger partial charge in [-0.2, -0.15) is 0 Å². The number of nitrogens with zero attached hydrogens (tertiary/aromatic N) is 2. The molecule has 4 heterocycles. The standard InChI is InChI=1S/C24H24FN4O9P/c1-4-24(33)14-6-17-18-11(8-29(17)21(30)13(14)9-37-22(24)31)5-12-16(27-18)7-15(25)20(19(12)26-10(2)3)28-23(32)38-39(34,35)36/h5-7,10,26,33H,4,8-9H2,1-3H3,(H,28,32)(H2,34,35,36)/t24-/m0/s1. The maximum atomic E-state index is 15.3. The third-order valence-electron chi connectivity index (χ3n) is 6.63. The van der Waals surface area contributed by atoms with E-state index in [9.17, 15) is 24.1 Å². The van der Waals surface area contributed by atoms with E-state index >= 15 is 4.39 Å². The number of fused-ring (bicyclic) bond motifs is 5. The first-order chi connectivity index (χ1) is 18.2. The predicted molar refractivity (Wildman–Crippen MR) is 135 cm³/mol. The van der Waals surface area contributed by atoms with Gasteiger partial charge in [0.1, 0.15) is 12.3 Å². The number of carbonyl (C=O) groups excluding carboxylic acids is 2. The van der Waals surface area contributed by atoms with Crippen molar-refractivity contribution in [3.05, 3.63) is 51.1 Å². The van der Waals surface area contributed by atoms with Crippen molar-refractivity contribution in [2.24, 2.45) is 0 Å². The van der Waals surface area contributed by atoms with Crippen molar-refractivity contribution in [1.82, 2.24) is 9.55 Å². The van der Waals surface area contributed by atoms with Crippen LogP contribution in [-0.2, 0) is 37.4 Å². The molecular formula is C24H24FN4O9P. The number of hydrogen-bond donors (Lipinski definition) is 5. The molecule has 2 aromatic heterocycles. The SMILES string of the molecule is CC[C@@]1(O)C(=O)OCc2c1cc1n(c2=O)Cc2cc3c(NC(C)C)c(NC(=O)OP(=O)(O)O)c(F)cc3nc2-1. The monoisotopic (exact) mass is 562 g/mol. The Morgan fingerprint density at radius 2 is 2.00 bits per heavy atom. The maximum absolute atomic E-state index is 15.3. The topological polar surface area (TPSA) is 189 Å². The maximum Gasteiger partial charge on any atom is 0.528 e. The van der Waals surface area contributed by atoms with Gasteiger partial charge in [0.2, 0.25) is 0 Å². The Balaban J connectivity index is 1.69. The third kappa shape index (κ3) is 4.44. The van der Waals surface area contributed by atoms with Crippen molar-refractivity contribution in [3.8, 4) is 11.4 Å². The molecule has 0 saturated carbocycles. The molecule has 2 aliphatic rings. The van der Waals surface area contributed by atoms with Gasteiger partial charge in [-0.05, 0) is 32.4 Å². The van der Waals surface area contributed by atoms with Crippen molar-refractivity contribution in [2.45, 2.75) is 52.0 Å². The number of hydrogen-bond acceptors (Lipinski definition) is 9. The van der Waals surface area contributed by atoms with E-state index in [1.54, 1.807) is 26.8 Å². The van der Waals surface area contributed by atoms with Crippen molar-refractivity contribution >= 4 is 42.2 Å². The summed E-state index contributed by atoms with van der Waals surface area (Å²) in [5, 5.41) is 16.4. The van der Waals surface area contributed by atoms with Gasteiger partial charge in [0.15, 0.2) is 11.4 Å². The predicted octanol–water partition coefficient (Wildman–Crippen LogP) is 2.68. The minimum absolute atomic E-state index is 0.0184. The van der Waals surface area contributed by atoms with Crippen LogP contribution in [0.5, 0.6) is 0 Å². The molecule has 0 unspecified atom stereocenters. The Kier molecular flexibility index (Phi) is 6.26. The largest absolute Gasteiger partial charge is 0.528 e. The number of aromatic nitrogens is 2. The normalized spacial score (nSPS) is 17.9. The zero-order chi connectivity index (χ0) is 28.4. The van der Waals surface area contributed by atoms with Gasteiger partial charge in [0.25, 0.3) is 5.56 Å². The van der Waals surface area contributed by atoms with E-state index in [1.807, 2.05) is 5.32 Å². The number of aliphatic hydroxyl groups is 1. The van der Waals surface area contributed by atoms with Gasteiger partial charge in [-0.3, -0.25) is 19.9 Å². The van der Waals surface area contributed by atoms with E-state index in [2.05, 4.69) is 14.8 Å². The number of ether oxygens (including phenoxy) is 1. The number of cyclic esters (lactones) is 1. The molecule has 0 saturated heterocycles. The van der Waals surface area contributed by atoms with Crippen LogP contribution in [0, 0.1) is 5.82 Å². The van der Waals surface area contributed by atoms with Crippen LogP contribution in [0.2, 0.25) is 0 Å². The third-order valence-corrected chi connectivity index (χ3v) is 7.03. The van der Waals surface area contributed by atoms with E-state index in [4.69, 9.17) is 14.5 Å². The molecule has 0 radical (unpaired) electrons. The van der Waals surface area contributed by atoms with Crippen LogP contribution < -0.4 is 16.2 Å². The van der Waals surface area contributed by atoms with E-state index in [0.29, 0.717) is 22.3 Å². The summed E-state index contributed by atoms with van der Waals surface area (Å²) < 4.78 is 36.8. The second-order valence-electron chi connectivity index (χ2n) is 9.57. The van der Waals surface area contributed by atoms with E-state index in [-0.39, 0.29) is 47.9 Å². The molecule has 3 aromatic rings. The summed E-state index contributed by atoms with van der Waals surface area (Å²) in [5.41, 5.74) is -1.10. The lowest BCUT2D eigenvalue weighted by molar-refractivity contribution is -0.172. The number of esters is 1. The summed E-state index contributed by atoms with van der Waals surface area (Å²) in [5.74, 6) is -1.82. The van der Waals surface area contributed by atoms with Crippen LogP contribution in [0.4, 0.5) is 20.6 Å². The fraction of sp³-hybridized carbons (Fsp3) is 0.333. The molecule has 1 atom stereocenters. The highest BCUT2D eigenvalue weighted by Gasteiger charge is 2.45. The van der Waals surface area contributed by atoms with Crippen molar-refractivity contribution in [1.29, 1.82) is 0 Å². The molecule has 15 heteroatoms. The lowest BCUT2D eigenvalue weighted by Gasteiger charge is -2.31. The molecule has 1 aromatic carbocycles. The smallest absolute Gasteiger partial charge is 0.458 e. The lowest BCUT2D eigenvalue weighted by Crippen LogP contribution is -2.44. The number of amides is 1. The van der Waals surface area contributed by atoms with Crippen LogP contribution in [0.3, 0.4) is 0 Å². The summed E-state index contributed by atoms with van der Waals surface area (Å²) in [4.78, 5) is 60.2. The van der Waals surface area contributed by atoms with E-state index in [1.165, 1.54) is 10.6 Å². The van der Waals surface area contributed by atoms with Gasteiger partial charge < -0.3 is 24.3 Å². The Labute approximate surface area is 219 Å². The minimum atomic E-state index is -5.19. The fourth-order valence-corrected chi connectivity index (χ4v) is 5.15. The van der Waals surface area contributed by atoms with E-state index < -0.39 is 42.6 Å². The number of halogens is 1. The van der Waals surface area contributed by atoms with Gasteiger partial charge in [-0.1, -0.05) is 6.92 Å². The number of rotatable bonds is 5. The Bertz CT molecular complexity index is 1680. The zero-order valence-corrected chi connectivity index (χ0v) is 21.8. The summed E-state index contributed by atoms with van der Waals surface area (Å²) in [7, 11) is -5.19. The van der Waals surface area contributed by atoms with Gasteiger partial charge in [-0.15, -0.1) is 0 Å². The number of benzene rings is 1. The fourth-order valence-electron chi connectivity index (χ4n) is 4.88. The molecule has 0 spiro atoms. The number of phosphoric acid groups is 1. The molecule has 39 heavy (non-hydrogen) atoms. The number of anilines is 2. The first-order valence-electron chi connectivity index (χ1n) is 11.9. The van der Waals surface area contributed by atoms with Gasteiger partial charge >= 0.3 is 19.9 Å². The second kappa shape index (κ2) is 9.12. The highest BCUT2D eigenvalue weighted by molar-refractivity contribution is 7.46. The van der Waals surface area contributed by atoms with Gasteiger partial charge in [0, 0.05) is 28.6 Å². The number of phosphoric ester groups is 1. The van der Waals surface area contributed by atoms with Crippen LogP contribution in [-0.4, -0.2) is 42.5 Å². The van der Waals surface area contributed by atoms with Crippen LogP contribution in [0.1, 0.15) is 43.9 Å². The Hall–Kier alpha value is -3.84. The first kappa shape index (κ1) is 26.8. The number of carbonyl (C=O) groups is 2. The molecular weight excluding hydrogens is 538 g/mol. The quantitative estimate of drug-likeness (QED) is 0.178. The summed E-state index contributed by atoms with van der Waals surface area (Å²) >= 11 is 0. The molecule has 5 N–H and O–H groups in total. The summed E-state index contributed by atoms with van der Waals surface area (Å²) in [6, 6.07) is 3.94. The van der Waals surface area contributed by atoms with Crippen molar-refractivity contribution in [3.63, 3.8) is 0 Å². The van der Waals surface area contributed by atoms with Crippen molar-refractivity contribution < 1.29 is 42.7 Å². The molecule has 0 fully saturated rings. The average molecular weight is 562 g/mol. The highest BCUT2D eigenvalue weighted by atomic mass is 31.2. The Morgan fingerprint density at radius 3 is 2.64 bits per heavy atom. The van der Waals surface area contributed by atoms with Crippen LogP contribution in [0.25, 0.3) is 22.3 Å². The molecule has 0 bridgehead atoms. The van der Waals surface area contributed by atoms with Gasteiger partial charge in [-0.25, -0.2) is 23.5 Å². The number of nitrogens with one attached hydrogen (secondary N) is 2. The average Bonchev–Trinajstić information content (AvgIpc) is 3.19. The zero-order valence-electron chi connectivity index (χ0n) is 20.9. The molecule has 206 valence electrons. The van der Waals surface area contributed by atoms with Crippen LogP contribution >= 0.6 is 7.82 Å². The minimum Gasteiger partial charge on any atom is -0.458 e. The summed E-state index contributed by atoms with van der Waals surface area (Å²) in [6.45, 7) is 4.91. The molecule has 1 amide bonds. The van der Waals surface area contributed by atoms with E-state index in [0.717, 1.165) is 6.07 Å². The first-order valence-corrected chi connectivity index (χ1v) is 13.4. The molecule has 13 nitrogen and oxygen atoms in total.